The summed E-state index contributed by atoms with van der Waals surface area (Å²) in [5.41, 5.74) is 11.3. The summed E-state index contributed by atoms with van der Waals surface area (Å²) in [5, 5.41) is 4.01. The Morgan fingerprint density at radius 3 is 2.81 bits per heavy atom. The van der Waals surface area contributed by atoms with Crippen LogP contribution in [0.15, 0.2) is 36.4 Å². The normalized spacial score (nSPS) is 19.5. The van der Waals surface area contributed by atoms with Gasteiger partial charge in [0.05, 0.1) is 34.9 Å². The number of fused-ring (bicyclic) bond motifs is 3. The summed E-state index contributed by atoms with van der Waals surface area (Å²) < 4.78 is 23.9. The summed E-state index contributed by atoms with van der Waals surface area (Å²) in [7, 11) is 2.03. The largest absolute Gasteiger partial charge is 0.491 e. The lowest BCUT2D eigenvalue weighted by molar-refractivity contribution is -0.119. The molecular formula is C32H37FN6O3. The third-order valence-electron chi connectivity index (χ3n) is 9.02. The second kappa shape index (κ2) is 10.7. The molecule has 2 aromatic heterocycles. The minimum absolute atomic E-state index is 0.114. The van der Waals surface area contributed by atoms with E-state index in [1.807, 2.05) is 25.2 Å². The fraction of sp³-hybridized carbons (Fsp3) is 0.469. The Bertz CT molecular complexity index is 1690. The number of ether oxygens (including phenoxy) is 1. The third kappa shape index (κ3) is 4.91. The Morgan fingerprint density at radius 2 is 2.05 bits per heavy atom. The molecule has 1 saturated carbocycles. The van der Waals surface area contributed by atoms with Crippen LogP contribution >= 0.6 is 0 Å². The standard InChI is InChI=1S/C32H37FN6O3/c1-37-26-12-21-7-9-38(18-23(34)15-33)32(41)24(21)14-25(26)36-31(37)27-13-22-3-2-4-28(30(22)39(27)17-19-5-6-19)42-10-8-20-11-29(40)35-16-20/h2-4,12-14,19-20,23H,5-11,15-18,34H2,1H3,(H,35,40)/t20?,23-/m1/s1. The van der Waals surface area contributed by atoms with Crippen molar-refractivity contribution in [3.05, 3.63) is 47.5 Å². The summed E-state index contributed by atoms with van der Waals surface area (Å²) in [4.78, 5) is 31.6. The predicted molar refractivity (Wildman–Crippen MR) is 159 cm³/mol. The van der Waals surface area contributed by atoms with E-state index in [9.17, 15) is 14.0 Å². The van der Waals surface area contributed by atoms with Crippen LogP contribution in [0.2, 0.25) is 0 Å². The van der Waals surface area contributed by atoms with E-state index < -0.39 is 12.7 Å². The van der Waals surface area contributed by atoms with E-state index in [-0.39, 0.29) is 18.4 Å². The maximum absolute atomic E-state index is 13.3. The number of nitrogens with zero attached hydrogens (tertiary/aromatic N) is 4. The highest BCUT2D eigenvalue weighted by molar-refractivity contribution is 6.01. The first-order valence-corrected chi connectivity index (χ1v) is 15.0. The van der Waals surface area contributed by atoms with Gasteiger partial charge in [0.1, 0.15) is 12.4 Å². The lowest BCUT2D eigenvalue weighted by Gasteiger charge is -2.30. The average Bonchev–Trinajstić information content (AvgIpc) is 3.47. The molecule has 0 bridgehead atoms. The van der Waals surface area contributed by atoms with Crippen molar-refractivity contribution in [2.24, 2.45) is 24.6 Å². The summed E-state index contributed by atoms with van der Waals surface area (Å²) in [5.74, 6) is 2.64. The molecule has 9 nitrogen and oxygen atoms in total. The zero-order valence-electron chi connectivity index (χ0n) is 23.9. The van der Waals surface area contributed by atoms with Crippen LogP contribution < -0.4 is 15.8 Å². The van der Waals surface area contributed by atoms with Crippen LogP contribution in [0.4, 0.5) is 4.39 Å². The second-order valence-electron chi connectivity index (χ2n) is 12.2. The van der Waals surface area contributed by atoms with Crippen LogP contribution in [-0.2, 0) is 24.8 Å². The molecule has 10 heteroatoms. The molecule has 2 aliphatic heterocycles. The number of para-hydroxylation sites is 1. The molecule has 1 saturated heterocycles. The summed E-state index contributed by atoms with van der Waals surface area (Å²) >= 11 is 0. The first-order valence-electron chi connectivity index (χ1n) is 15.0. The van der Waals surface area contributed by atoms with Crippen molar-refractivity contribution in [3.8, 4) is 17.3 Å². The molecule has 4 aromatic rings. The van der Waals surface area contributed by atoms with Crippen molar-refractivity contribution in [1.82, 2.24) is 24.3 Å². The molecular weight excluding hydrogens is 535 g/mol. The van der Waals surface area contributed by atoms with Gasteiger partial charge < -0.3 is 29.8 Å². The number of imidazole rings is 1. The number of rotatable bonds is 10. The highest BCUT2D eigenvalue weighted by Crippen LogP contribution is 2.39. The molecule has 0 radical (unpaired) electrons. The van der Waals surface area contributed by atoms with E-state index in [1.165, 1.54) is 12.8 Å². The number of carbonyl (C=O) groups is 2. The monoisotopic (exact) mass is 572 g/mol. The number of hydrogen-bond donors (Lipinski definition) is 2. The fourth-order valence-electron chi connectivity index (χ4n) is 6.49. The van der Waals surface area contributed by atoms with Crippen molar-refractivity contribution >= 4 is 33.8 Å². The second-order valence-corrected chi connectivity index (χ2v) is 12.2. The van der Waals surface area contributed by atoms with E-state index in [1.54, 1.807) is 4.90 Å². The van der Waals surface area contributed by atoms with Crippen LogP contribution in [0.25, 0.3) is 33.5 Å². The molecule has 3 N–H and O–H groups in total. The molecule has 2 amide bonds. The van der Waals surface area contributed by atoms with Gasteiger partial charge in [-0.1, -0.05) is 12.1 Å². The molecule has 4 heterocycles. The number of aryl methyl sites for hydroxylation is 1. The highest BCUT2D eigenvalue weighted by Gasteiger charge is 2.29. The molecule has 7 rings (SSSR count). The predicted octanol–water partition coefficient (Wildman–Crippen LogP) is 3.81. The number of halogens is 1. The van der Waals surface area contributed by atoms with E-state index in [4.69, 9.17) is 15.5 Å². The number of alkyl halides is 1. The quantitative estimate of drug-likeness (QED) is 0.301. The Balaban J connectivity index is 1.24. The first-order chi connectivity index (χ1) is 20.4. The molecule has 0 spiro atoms. The van der Waals surface area contributed by atoms with Gasteiger partial charge in [0, 0.05) is 50.6 Å². The van der Waals surface area contributed by atoms with Gasteiger partial charge in [-0.3, -0.25) is 9.59 Å². The molecule has 2 aromatic carbocycles. The maximum Gasteiger partial charge on any atom is 0.254 e. The van der Waals surface area contributed by atoms with Crippen molar-refractivity contribution in [2.45, 2.75) is 44.7 Å². The van der Waals surface area contributed by atoms with Gasteiger partial charge >= 0.3 is 0 Å². The van der Waals surface area contributed by atoms with Gasteiger partial charge in [-0.15, -0.1) is 0 Å². The Labute approximate surface area is 243 Å². The van der Waals surface area contributed by atoms with Gasteiger partial charge in [-0.25, -0.2) is 9.37 Å². The molecule has 1 aliphatic carbocycles. The van der Waals surface area contributed by atoms with Gasteiger partial charge in [0.15, 0.2) is 5.82 Å². The lowest BCUT2D eigenvalue weighted by atomic mass is 9.97. The average molecular weight is 573 g/mol. The topological polar surface area (TPSA) is 107 Å². The fourth-order valence-corrected chi connectivity index (χ4v) is 6.49. The van der Waals surface area contributed by atoms with Gasteiger partial charge in [-0.05, 0) is 67.3 Å². The maximum atomic E-state index is 13.3. The van der Waals surface area contributed by atoms with E-state index in [0.717, 1.165) is 64.3 Å². The van der Waals surface area contributed by atoms with Crippen molar-refractivity contribution < 1.29 is 18.7 Å². The Hall–Kier alpha value is -3.92. The molecule has 2 atom stereocenters. The van der Waals surface area contributed by atoms with Crippen LogP contribution in [0.1, 0.15) is 41.6 Å². The number of nitrogens with two attached hydrogens (primary N) is 1. The van der Waals surface area contributed by atoms with Crippen LogP contribution in [0.5, 0.6) is 5.75 Å². The molecule has 42 heavy (non-hydrogen) atoms. The van der Waals surface area contributed by atoms with E-state index >= 15 is 0 Å². The van der Waals surface area contributed by atoms with Crippen LogP contribution in [0.3, 0.4) is 0 Å². The minimum atomic E-state index is -0.674. The Morgan fingerprint density at radius 1 is 1.19 bits per heavy atom. The summed E-state index contributed by atoms with van der Waals surface area (Å²) in [6.45, 7) is 2.26. The molecule has 3 aliphatic rings. The van der Waals surface area contributed by atoms with Crippen molar-refractivity contribution in [3.63, 3.8) is 0 Å². The highest BCUT2D eigenvalue weighted by atomic mass is 19.1. The van der Waals surface area contributed by atoms with Gasteiger partial charge in [-0.2, -0.15) is 0 Å². The Kier molecular flexibility index (Phi) is 6.88. The van der Waals surface area contributed by atoms with Gasteiger partial charge in [0.25, 0.3) is 5.91 Å². The number of amides is 2. The summed E-state index contributed by atoms with van der Waals surface area (Å²) in [6, 6.07) is 11.7. The minimum Gasteiger partial charge on any atom is -0.491 e. The van der Waals surface area contributed by atoms with Crippen molar-refractivity contribution in [2.75, 3.05) is 32.9 Å². The zero-order chi connectivity index (χ0) is 29.0. The molecule has 1 unspecified atom stereocenters. The molecule has 2 fully saturated rings. The van der Waals surface area contributed by atoms with Gasteiger partial charge in [0.2, 0.25) is 5.91 Å². The number of aromatic nitrogens is 3. The SMILES string of the molecule is Cn1c(-c2cc3cccc(OCCC4CNC(=O)C4)c3n2CC2CC2)nc2cc3c(cc21)CCN(C[C@H](N)CF)C3=O. The number of carbonyl (C=O) groups excluding carboxylic acids is 2. The number of benzene rings is 2. The van der Waals surface area contributed by atoms with E-state index in [2.05, 4.69) is 32.7 Å². The number of hydrogen-bond acceptors (Lipinski definition) is 5. The van der Waals surface area contributed by atoms with Crippen LogP contribution in [0, 0.1) is 11.8 Å². The van der Waals surface area contributed by atoms with Crippen LogP contribution in [-0.4, -0.2) is 69.8 Å². The van der Waals surface area contributed by atoms with E-state index in [0.29, 0.717) is 43.4 Å². The third-order valence-corrected chi connectivity index (χ3v) is 9.02. The summed E-state index contributed by atoms with van der Waals surface area (Å²) in [6.07, 6.45) is 4.52. The molecule has 220 valence electrons. The first kappa shape index (κ1) is 26.9. The zero-order valence-corrected chi connectivity index (χ0v) is 23.9. The van der Waals surface area contributed by atoms with Crippen molar-refractivity contribution in [1.29, 1.82) is 0 Å². The lowest BCUT2D eigenvalue weighted by Crippen LogP contribution is -2.45. The number of nitrogens with one attached hydrogen (secondary N) is 1. The smallest absolute Gasteiger partial charge is 0.254 e.